The Kier molecular flexibility index (Phi) is 10.2. The maximum atomic E-state index is 11.9. The number of pyridine rings is 1. The summed E-state index contributed by atoms with van der Waals surface area (Å²) in [5.41, 5.74) is 10.5. The van der Waals surface area contributed by atoms with Crippen LogP contribution in [0.4, 0.5) is 0 Å². The molecule has 0 spiro atoms. The molecule has 286 valence electrons. The van der Waals surface area contributed by atoms with Crippen molar-refractivity contribution in [3.05, 3.63) is 47.2 Å². The van der Waals surface area contributed by atoms with Crippen LogP contribution in [0, 0.1) is 51.8 Å². The smallest absolute Gasteiger partial charge is 0.254 e. The Morgan fingerprint density at radius 1 is 1.00 bits per heavy atom. The van der Waals surface area contributed by atoms with E-state index in [4.69, 9.17) is 10.5 Å². The molecular formula is C44H66N4O3S. The highest BCUT2D eigenvalue weighted by atomic mass is 32.2. The molecule has 52 heavy (non-hydrogen) atoms. The second-order valence-corrected chi connectivity index (χ2v) is 21.0. The molecule has 0 bridgehead atoms. The van der Waals surface area contributed by atoms with E-state index < -0.39 is 17.1 Å². The summed E-state index contributed by atoms with van der Waals surface area (Å²) in [6, 6.07) is 3.41. The molecule has 0 radical (unpaired) electrons. The number of ether oxygens (including phenoxy) is 1. The van der Waals surface area contributed by atoms with E-state index in [2.05, 4.69) is 55.0 Å². The lowest BCUT2D eigenvalue weighted by molar-refractivity contribution is -0.175. The highest BCUT2D eigenvalue weighted by Crippen LogP contribution is 2.72. The fourth-order valence-corrected chi connectivity index (χ4v) is 15.3. The Balaban J connectivity index is 0.928. The van der Waals surface area contributed by atoms with Crippen molar-refractivity contribution >= 4 is 17.1 Å². The van der Waals surface area contributed by atoms with Crippen LogP contribution in [-0.4, -0.2) is 70.2 Å². The number of amides is 1. The van der Waals surface area contributed by atoms with Gasteiger partial charge >= 0.3 is 0 Å². The van der Waals surface area contributed by atoms with Gasteiger partial charge in [0.15, 0.2) is 0 Å². The molecule has 6 aliphatic carbocycles. The zero-order valence-electron chi connectivity index (χ0n) is 32.6. The number of hydrogen-bond acceptors (Lipinski definition) is 6. The number of nitrogens with two attached hydrogens (primary N) is 1. The van der Waals surface area contributed by atoms with Gasteiger partial charge in [-0.05, 0) is 152 Å². The first-order chi connectivity index (χ1) is 24.9. The van der Waals surface area contributed by atoms with Gasteiger partial charge < -0.3 is 20.3 Å². The van der Waals surface area contributed by atoms with Gasteiger partial charge in [0.25, 0.3) is 5.91 Å². The number of nitrogens with zero attached hydrogens (tertiary/aromatic N) is 2. The third-order valence-electron chi connectivity index (χ3n) is 16.6. The number of carbonyl (C=O) groups excluding carboxylic acids is 1. The fraction of sp³-hybridized carbons (Fsp3) is 0.773. The highest BCUT2D eigenvalue weighted by Gasteiger charge is 2.65. The lowest BCUT2D eigenvalue weighted by Crippen LogP contribution is -2.64. The number of fused-ring (bicyclic) bond motifs is 7. The van der Waals surface area contributed by atoms with Crippen LogP contribution in [0.5, 0.6) is 5.88 Å². The molecule has 3 N–H and O–H groups in total. The minimum absolute atomic E-state index is 0.172. The second kappa shape index (κ2) is 14.3. The van der Waals surface area contributed by atoms with Crippen molar-refractivity contribution in [2.75, 3.05) is 44.3 Å². The zero-order valence-corrected chi connectivity index (χ0v) is 33.4. The van der Waals surface area contributed by atoms with E-state index in [0.29, 0.717) is 40.3 Å². The van der Waals surface area contributed by atoms with Gasteiger partial charge in [0.2, 0.25) is 5.88 Å². The minimum Gasteiger partial charge on any atom is -0.616 e. The second-order valence-electron chi connectivity index (χ2n) is 19.3. The molecule has 1 aromatic heterocycles. The molecule has 8 heteroatoms. The summed E-state index contributed by atoms with van der Waals surface area (Å²) in [6.07, 6.45) is 23.9. The first kappa shape index (κ1) is 37.1. The number of rotatable bonds is 9. The predicted octanol–water partition coefficient (Wildman–Crippen LogP) is 7.69. The van der Waals surface area contributed by atoms with Gasteiger partial charge in [0, 0.05) is 37.9 Å². The van der Waals surface area contributed by atoms with E-state index in [0.717, 1.165) is 86.5 Å². The van der Waals surface area contributed by atoms with Crippen LogP contribution in [0.25, 0.3) is 0 Å². The number of primary amides is 1. The number of nitrogens with one attached hydrogen (secondary N) is 1. The summed E-state index contributed by atoms with van der Waals surface area (Å²) >= 11 is -0.594. The van der Waals surface area contributed by atoms with Gasteiger partial charge in [-0.1, -0.05) is 57.4 Å². The maximum Gasteiger partial charge on any atom is 0.254 e. The Morgan fingerprint density at radius 3 is 2.60 bits per heavy atom. The quantitative estimate of drug-likeness (QED) is 0.253. The van der Waals surface area contributed by atoms with Crippen molar-refractivity contribution in [2.24, 2.45) is 57.5 Å². The Bertz CT molecular complexity index is 1550. The summed E-state index contributed by atoms with van der Waals surface area (Å²) in [7, 11) is 0. The van der Waals surface area contributed by atoms with Crippen LogP contribution in [0.1, 0.15) is 122 Å². The van der Waals surface area contributed by atoms with Crippen molar-refractivity contribution in [3.8, 4) is 5.88 Å². The zero-order chi connectivity index (χ0) is 36.3. The fourth-order valence-electron chi connectivity index (χ4n) is 14.2. The number of hydrogen-bond donors (Lipinski definition) is 2. The largest absolute Gasteiger partial charge is 0.616 e. The summed E-state index contributed by atoms with van der Waals surface area (Å²) in [5.74, 6) is 6.12. The molecule has 7 nitrogen and oxygen atoms in total. The number of carbonyl (C=O) groups is 1. The first-order valence-corrected chi connectivity index (χ1v) is 22.5. The Labute approximate surface area is 316 Å². The predicted molar refractivity (Wildman–Crippen MR) is 210 cm³/mol. The monoisotopic (exact) mass is 730 g/mol. The van der Waals surface area contributed by atoms with Gasteiger partial charge in [0.05, 0.1) is 6.61 Å². The number of aromatic nitrogens is 1. The van der Waals surface area contributed by atoms with E-state index in [-0.39, 0.29) is 5.41 Å². The average molecular weight is 731 g/mol. The molecule has 2 heterocycles. The third kappa shape index (κ3) is 6.41. The van der Waals surface area contributed by atoms with Crippen molar-refractivity contribution < 1.29 is 14.1 Å². The lowest BCUT2D eigenvalue weighted by Gasteiger charge is -2.68. The molecule has 1 amide bonds. The van der Waals surface area contributed by atoms with Crippen molar-refractivity contribution in [2.45, 2.75) is 117 Å². The van der Waals surface area contributed by atoms with Gasteiger partial charge in [-0.15, -0.1) is 0 Å². The van der Waals surface area contributed by atoms with Gasteiger partial charge in [-0.2, -0.15) is 0 Å². The van der Waals surface area contributed by atoms with Gasteiger partial charge in [0.1, 0.15) is 17.1 Å². The maximum absolute atomic E-state index is 11.9. The molecule has 8 unspecified atom stereocenters. The van der Waals surface area contributed by atoms with Crippen LogP contribution in [0.2, 0.25) is 0 Å². The van der Waals surface area contributed by atoms with Crippen LogP contribution in [-0.2, 0) is 11.2 Å². The molecule has 0 aromatic carbocycles. The first-order valence-electron chi connectivity index (χ1n) is 21.0. The Hall–Kier alpha value is -1.87. The van der Waals surface area contributed by atoms with Crippen molar-refractivity contribution in [1.82, 2.24) is 15.2 Å². The SMILES string of the molecule is CC1(C)C(C2=CCC(COc3ncccc3C(N)=O)CC2)=CCC2(C)C1CCC1(C)C3CCC4(NCCN5CC[S+]([O-])CC5)CCC[C@@H]4C3CCC12. The third-order valence-corrected chi connectivity index (χ3v) is 17.9. The average Bonchev–Trinajstić information content (AvgIpc) is 3.56. The molecule has 1 aliphatic heterocycles. The summed E-state index contributed by atoms with van der Waals surface area (Å²) in [6.45, 7) is 15.4. The van der Waals surface area contributed by atoms with Gasteiger partial charge in [-0.25, -0.2) is 4.98 Å². The van der Waals surface area contributed by atoms with Crippen molar-refractivity contribution in [3.63, 3.8) is 0 Å². The molecule has 9 atom stereocenters. The van der Waals surface area contributed by atoms with Crippen LogP contribution >= 0.6 is 0 Å². The topological polar surface area (TPSA) is 104 Å². The van der Waals surface area contributed by atoms with E-state index >= 15 is 0 Å². The molecule has 1 saturated heterocycles. The number of allylic oxidation sites excluding steroid dienone is 4. The van der Waals surface area contributed by atoms with Crippen LogP contribution in [0.3, 0.4) is 0 Å². The molecule has 8 rings (SSSR count). The molecule has 7 aliphatic rings. The lowest BCUT2D eigenvalue weighted by atomic mass is 9.37. The summed E-state index contributed by atoms with van der Waals surface area (Å²) < 4.78 is 17.9. The normalized spacial score (nSPS) is 40.4. The molecule has 1 aromatic rings. The molecular weight excluding hydrogens is 665 g/mol. The minimum atomic E-state index is -0.594. The Morgan fingerprint density at radius 2 is 1.83 bits per heavy atom. The van der Waals surface area contributed by atoms with Gasteiger partial charge in [-0.3, -0.25) is 9.69 Å². The van der Waals surface area contributed by atoms with E-state index in [1.807, 2.05) is 0 Å². The summed E-state index contributed by atoms with van der Waals surface area (Å²) in [4.78, 5) is 18.7. The van der Waals surface area contributed by atoms with Crippen LogP contribution < -0.4 is 15.8 Å². The van der Waals surface area contributed by atoms with Crippen molar-refractivity contribution in [1.29, 1.82) is 0 Å². The molecule has 4 saturated carbocycles. The summed E-state index contributed by atoms with van der Waals surface area (Å²) in [5, 5.41) is 4.24. The van der Waals surface area contributed by atoms with E-state index in [1.54, 1.807) is 29.5 Å². The van der Waals surface area contributed by atoms with Crippen LogP contribution in [0.15, 0.2) is 41.6 Å². The standard InChI is InChI=1S/C44H66N4O3S/c1-41(2)34(31-11-9-30(10-12-31)29-51-40-33(39(45)49)7-6-22-46-40)15-19-43(4)37(41)17-20-42(3)35-16-21-44(47-23-24-48-25-27-52(50)28-26-48)18-5-8-36(44)32(35)13-14-38(42)43/h6-7,11,15,22,30,32,35-38,47H,5,8-10,12-14,16-21,23-29H2,1-4H3,(H2,45,49)/t30?,32?,35?,36-,37?,38?,42?,43?,44?/m1/s1. The van der Waals surface area contributed by atoms with E-state index in [9.17, 15) is 9.35 Å². The van der Waals surface area contributed by atoms with E-state index in [1.165, 1.54) is 64.2 Å². The highest BCUT2D eigenvalue weighted by molar-refractivity contribution is 7.91. The molecule has 5 fully saturated rings.